The van der Waals surface area contributed by atoms with E-state index in [9.17, 15) is 0 Å². The van der Waals surface area contributed by atoms with Crippen molar-refractivity contribution in [2.24, 2.45) is 0 Å². The van der Waals surface area contributed by atoms with Crippen molar-refractivity contribution in [2.45, 2.75) is 0 Å². The maximum Gasteiger partial charge on any atom is 0.145 e. The first-order chi connectivity index (χ1) is 24.3. The lowest BCUT2D eigenvalue weighted by Gasteiger charge is -2.17. The van der Waals surface area contributed by atoms with Gasteiger partial charge in [-0.1, -0.05) is 121 Å². The lowest BCUT2D eigenvalue weighted by molar-refractivity contribution is 1.07. The molecule has 0 aliphatic rings. The number of imidazole rings is 2. The van der Waals surface area contributed by atoms with Crippen LogP contribution in [-0.2, 0) is 0 Å². The van der Waals surface area contributed by atoms with E-state index in [1.165, 1.54) is 25.7 Å². The van der Waals surface area contributed by atoms with Crippen molar-refractivity contribution in [3.8, 4) is 45.3 Å². The van der Waals surface area contributed by atoms with Crippen LogP contribution in [0.5, 0.6) is 0 Å². The van der Waals surface area contributed by atoms with E-state index >= 15 is 0 Å². The van der Waals surface area contributed by atoms with Gasteiger partial charge >= 0.3 is 0 Å². The normalized spacial score (nSPS) is 11.7. The molecule has 4 nitrogen and oxygen atoms in total. The van der Waals surface area contributed by atoms with Crippen molar-refractivity contribution in [3.63, 3.8) is 0 Å². The molecule has 0 radical (unpaired) electrons. The highest BCUT2D eigenvalue weighted by atomic mass is 32.1. The second kappa shape index (κ2) is 11.2. The third-order valence-electron chi connectivity index (χ3n) is 9.32. The molecule has 0 unspecified atom stereocenters. The summed E-state index contributed by atoms with van der Waals surface area (Å²) < 4.78 is 7.19. The van der Waals surface area contributed by atoms with Crippen LogP contribution in [0, 0.1) is 0 Å². The Hall–Kier alpha value is -6.30. The highest BCUT2D eigenvalue weighted by Crippen LogP contribution is 2.42. The number of aromatic nitrogens is 4. The summed E-state index contributed by atoms with van der Waals surface area (Å²) in [7, 11) is 0. The molecule has 0 aliphatic carbocycles. The summed E-state index contributed by atoms with van der Waals surface area (Å²) in [6.45, 7) is 0. The molecular weight excluding hydrogens is 617 g/mol. The van der Waals surface area contributed by atoms with Gasteiger partial charge in [-0.05, 0) is 59.7 Å². The van der Waals surface area contributed by atoms with E-state index < -0.39 is 0 Å². The molecule has 0 saturated heterocycles. The Morgan fingerprint density at radius 3 is 1.53 bits per heavy atom. The van der Waals surface area contributed by atoms with Gasteiger partial charge in [-0.25, -0.2) is 9.97 Å². The van der Waals surface area contributed by atoms with Crippen molar-refractivity contribution in [1.82, 2.24) is 19.1 Å². The van der Waals surface area contributed by atoms with Gasteiger partial charge in [0.15, 0.2) is 0 Å². The van der Waals surface area contributed by atoms with E-state index in [4.69, 9.17) is 9.97 Å². The zero-order chi connectivity index (χ0) is 32.3. The number of benzene rings is 7. The Labute approximate surface area is 286 Å². The lowest BCUT2D eigenvalue weighted by Crippen LogP contribution is -2.03. The SMILES string of the molecule is c1ccc(-c2nc3ccccc3n2-c2cc(-c3cccc4c3sc3ccccc34)cc(-n3c(-c4ccccc4)nc4ccccc43)c2)cc1. The van der Waals surface area contributed by atoms with Crippen molar-refractivity contribution in [3.05, 3.63) is 170 Å². The topological polar surface area (TPSA) is 35.6 Å². The van der Waals surface area contributed by atoms with Crippen LogP contribution in [0.25, 0.3) is 87.5 Å². The lowest BCUT2D eigenvalue weighted by atomic mass is 10.0. The molecule has 49 heavy (non-hydrogen) atoms. The summed E-state index contributed by atoms with van der Waals surface area (Å²) in [4.78, 5) is 10.4. The molecule has 0 bridgehead atoms. The van der Waals surface area contributed by atoms with E-state index in [1.807, 2.05) is 11.3 Å². The van der Waals surface area contributed by atoms with Gasteiger partial charge in [-0.3, -0.25) is 9.13 Å². The molecule has 7 aromatic carbocycles. The van der Waals surface area contributed by atoms with Crippen LogP contribution in [0.3, 0.4) is 0 Å². The molecule has 0 spiro atoms. The van der Waals surface area contributed by atoms with Crippen LogP contribution in [0.4, 0.5) is 0 Å². The van der Waals surface area contributed by atoms with Gasteiger partial charge in [-0.15, -0.1) is 11.3 Å². The van der Waals surface area contributed by atoms with Gasteiger partial charge in [-0.2, -0.15) is 0 Å². The van der Waals surface area contributed by atoms with Gasteiger partial charge in [0.1, 0.15) is 11.6 Å². The molecule has 0 amide bonds. The second-order valence-electron chi connectivity index (χ2n) is 12.3. The average Bonchev–Trinajstić information content (AvgIpc) is 3.87. The molecule has 3 aromatic heterocycles. The zero-order valence-corrected chi connectivity index (χ0v) is 27.2. The number of rotatable bonds is 5. The largest absolute Gasteiger partial charge is 0.292 e. The first kappa shape index (κ1) is 27.8. The van der Waals surface area contributed by atoms with Crippen molar-refractivity contribution >= 4 is 53.6 Å². The molecule has 0 saturated carbocycles. The number of nitrogens with zero attached hydrogens (tertiary/aromatic N) is 4. The van der Waals surface area contributed by atoms with E-state index in [0.717, 1.165) is 61.8 Å². The number of hydrogen-bond acceptors (Lipinski definition) is 3. The summed E-state index contributed by atoms with van der Waals surface area (Å²) in [5.41, 5.74) is 10.6. The fourth-order valence-corrected chi connectivity index (χ4v) is 8.36. The summed E-state index contributed by atoms with van der Waals surface area (Å²) >= 11 is 1.86. The first-order valence-electron chi connectivity index (χ1n) is 16.4. The predicted molar refractivity (Wildman–Crippen MR) is 205 cm³/mol. The quantitative estimate of drug-likeness (QED) is 0.187. The van der Waals surface area contributed by atoms with E-state index in [2.05, 4.69) is 179 Å². The highest BCUT2D eigenvalue weighted by molar-refractivity contribution is 7.26. The molecule has 0 N–H and O–H groups in total. The summed E-state index contributed by atoms with van der Waals surface area (Å²) in [5, 5.41) is 2.57. The smallest absolute Gasteiger partial charge is 0.145 e. The van der Waals surface area contributed by atoms with Crippen molar-refractivity contribution < 1.29 is 0 Å². The molecule has 3 heterocycles. The molecule has 0 atom stereocenters. The summed E-state index contributed by atoms with van der Waals surface area (Å²) in [6, 6.07) is 60.1. The van der Waals surface area contributed by atoms with E-state index in [-0.39, 0.29) is 0 Å². The van der Waals surface area contributed by atoms with Crippen LogP contribution in [-0.4, -0.2) is 19.1 Å². The Morgan fingerprint density at radius 1 is 0.408 bits per heavy atom. The average molecular weight is 645 g/mol. The van der Waals surface area contributed by atoms with E-state index in [1.54, 1.807) is 0 Å². The van der Waals surface area contributed by atoms with Gasteiger partial charge in [0.05, 0.1) is 33.4 Å². The number of para-hydroxylation sites is 4. The van der Waals surface area contributed by atoms with Gasteiger partial charge in [0.2, 0.25) is 0 Å². The van der Waals surface area contributed by atoms with Crippen LogP contribution < -0.4 is 0 Å². The van der Waals surface area contributed by atoms with Crippen molar-refractivity contribution in [1.29, 1.82) is 0 Å². The molecule has 10 rings (SSSR count). The maximum atomic E-state index is 5.19. The molecular formula is C44H28N4S. The molecule has 230 valence electrons. The fraction of sp³-hybridized carbons (Fsp3) is 0. The van der Waals surface area contributed by atoms with Gasteiger partial charge in [0, 0.05) is 31.3 Å². The third-order valence-corrected chi connectivity index (χ3v) is 10.5. The Balaban J connectivity index is 1.32. The first-order valence-corrected chi connectivity index (χ1v) is 17.2. The van der Waals surface area contributed by atoms with E-state index in [0.29, 0.717) is 0 Å². The standard InChI is InChI=1S/C44H28N4S/c1-3-14-29(15-4-1)43-45-37-21-8-10-23-39(37)47(43)32-26-31(34-19-13-20-36-35-18-7-12-25-41(35)49-42(34)36)27-33(28-32)48-40-24-11-9-22-38(40)46-44(48)30-16-5-2-6-17-30/h1-28H. The zero-order valence-electron chi connectivity index (χ0n) is 26.4. The Bertz CT molecular complexity index is 2690. The van der Waals surface area contributed by atoms with Crippen LogP contribution >= 0.6 is 11.3 Å². The molecule has 5 heteroatoms. The van der Waals surface area contributed by atoms with Crippen LogP contribution in [0.2, 0.25) is 0 Å². The summed E-state index contributed by atoms with van der Waals surface area (Å²) in [5.74, 6) is 1.81. The minimum atomic E-state index is 0.906. The van der Waals surface area contributed by atoms with Crippen molar-refractivity contribution in [2.75, 3.05) is 0 Å². The number of hydrogen-bond donors (Lipinski definition) is 0. The summed E-state index contributed by atoms with van der Waals surface area (Å²) in [6.07, 6.45) is 0. The monoisotopic (exact) mass is 644 g/mol. The Morgan fingerprint density at radius 2 is 0.918 bits per heavy atom. The number of fused-ring (bicyclic) bond motifs is 5. The molecule has 0 fully saturated rings. The third kappa shape index (κ3) is 4.51. The Kier molecular flexibility index (Phi) is 6.32. The minimum absolute atomic E-state index is 0.906. The van der Waals surface area contributed by atoms with Crippen LogP contribution in [0.15, 0.2) is 170 Å². The molecule has 10 aromatic rings. The predicted octanol–water partition coefficient (Wildman–Crippen LogP) is 11.7. The molecule has 0 aliphatic heterocycles. The number of thiophene rings is 1. The minimum Gasteiger partial charge on any atom is -0.292 e. The fourth-order valence-electron chi connectivity index (χ4n) is 7.12. The second-order valence-corrected chi connectivity index (χ2v) is 13.3. The van der Waals surface area contributed by atoms with Crippen LogP contribution in [0.1, 0.15) is 0 Å². The maximum absolute atomic E-state index is 5.19. The highest BCUT2D eigenvalue weighted by Gasteiger charge is 2.20. The van der Waals surface area contributed by atoms with Gasteiger partial charge in [0.25, 0.3) is 0 Å². The van der Waals surface area contributed by atoms with Gasteiger partial charge < -0.3 is 0 Å².